The lowest BCUT2D eigenvalue weighted by atomic mass is 9.96. The lowest BCUT2D eigenvalue weighted by Gasteiger charge is -2.25. The number of sulfonamides is 2. The van der Waals surface area contributed by atoms with Crippen LogP contribution in [0.5, 0.6) is 0 Å². The monoisotopic (exact) mass is 685 g/mol. The summed E-state index contributed by atoms with van der Waals surface area (Å²) in [6.07, 6.45) is 1.69. The van der Waals surface area contributed by atoms with Gasteiger partial charge in [-0.15, -0.1) is 0 Å². The summed E-state index contributed by atoms with van der Waals surface area (Å²) in [5.74, 6) is -0.780. The Hall–Kier alpha value is -4.50. The van der Waals surface area contributed by atoms with E-state index in [1.54, 1.807) is 54.6 Å². The van der Waals surface area contributed by atoms with E-state index in [4.69, 9.17) is 4.74 Å². The smallest absolute Gasteiger partial charge is 0.338 e. The number of carbonyl (C=O) groups excluding carboxylic acids is 1. The Bertz CT molecular complexity index is 1950. The molecule has 1 aliphatic heterocycles. The first-order valence-corrected chi connectivity index (χ1v) is 18.7. The number of carbonyl (C=O) groups is 1. The highest BCUT2D eigenvalue weighted by molar-refractivity contribution is 8.04. The highest BCUT2D eigenvalue weighted by Crippen LogP contribution is 2.34. The van der Waals surface area contributed by atoms with Crippen LogP contribution in [0, 0.1) is 31.1 Å². The van der Waals surface area contributed by atoms with Crippen molar-refractivity contribution >= 4 is 31.7 Å². The summed E-state index contributed by atoms with van der Waals surface area (Å²) in [5.41, 5.74) is 5.40. The zero-order chi connectivity index (χ0) is 34.5. The van der Waals surface area contributed by atoms with Gasteiger partial charge < -0.3 is 9.64 Å². The molecule has 250 valence electrons. The molecule has 4 aromatic carbocycles. The van der Waals surface area contributed by atoms with Crippen LogP contribution in [-0.2, 0) is 37.6 Å². The molecule has 4 aromatic rings. The van der Waals surface area contributed by atoms with Crippen LogP contribution in [0.25, 0.3) is 0 Å². The lowest BCUT2D eigenvalue weighted by Crippen LogP contribution is -2.40. The molecule has 0 spiro atoms. The highest BCUT2D eigenvalue weighted by Gasteiger charge is 2.37. The van der Waals surface area contributed by atoms with Gasteiger partial charge in [0.05, 0.1) is 33.2 Å². The van der Waals surface area contributed by atoms with Gasteiger partial charge in [-0.2, -0.15) is 5.26 Å². The second kappa shape index (κ2) is 14.7. The second-order valence-electron chi connectivity index (χ2n) is 12.3. The number of anilines is 1. The van der Waals surface area contributed by atoms with Crippen molar-refractivity contribution in [2.45, 2.75) is 49.8 Å². The minimum Gasteiger partial charge on any atom is -0.462 e. The van der Waals surface area contributed by atoms with Crippen molar-refractivity contribution in [1.82, 2.24) is 3.71 Å². The molecule has 1 aliphatic rings. The number of benzene rings is 4. The van der Waals surface area contributed by atoms with Gasteiger partial charge >= 0.3 is 5.97 Å². The highest BCUT2D eigenvalue weighted by atomic mass is 32.3. The van der Waals surface area contributed by atoms with Gasteiger partial charge in [0.15, 0.2) is 0 Å². The molecule has 0 fully saturated rings. The topological polar surface area (TPSA) is 125 Å². The van der Waals surface area contributed by atoms with Gasteiger partial charge in [-0.05, 0) is 92.6 Å². The predicted octanol–water partition coefficient (Wildman–Crippen LogP) is 6.04. The first-order chi connectivity index (χ1) is 22.9. The largest absolute Gasteiger partial charge is 0.462 e. The number of aryl methyl sites for hydroxylation is 2. The number of hydrogen-bond donors (Lipinski definition) is 0. The molecule has 0 radical (unpaired) electrons. The average molecular weight is 686 g/mol. The number of ether oxygens (including phenoxy) is 1. The van der Waals surface area contributed by atoms with Gasteiger partial charge in [-0.1, -0.05) is 70.3 Å². The molecular weight excluding hydrogens is 647 g/mol. The molecule has 0 saturated heterocycles. The molecular formula is C37H39N3O6S2. The molecule has 1 atom stereocenters. The first-order valence-electron chi connectivity index (χ1n) is 15.8. The van der Waals surface area contributed by atoms with E-state index in [0.717, 1.165) is 34.4 Å². The molecule has 9 nitrogen and oxygen atoms in total. The molecule has 0 N–H and O–H groups in total. The summed E-state index contributed by atoms with van der Waals surface area (Å²) in [6, 6.07) is 27.2. The van der Waals surface area contributed by atoms with Gasteiger partial charge in [-0.25, -0.2) is 21.6 Å². The van der Waals surface area contributed by atoms with Crippen molar-refractivity contribution in [3.63, 3.8) is 0 Å². The number of hydrogen-bond acceptors (Lipinski definition) is 8. The molecule has 0 amide bonds. The molecule has 0 bridgehead atoms. The van der Waals surface area contributed by atoms with Crippen molar-refractivity contribution in [1.29, 1.82) is 5.26 Å². The zero-order valence-electron chi connectivity index (χ0n) is 27.3. The van der Waals surface area contributed by atoms with Crippen LogP contribution in [-0.4, -0.2) is 52.8 Å². The van der Waals surface area contributed by atoms with Gasteiger partial charge in [0.2, 0.25) is 0 Å². The van der Waals surface area contributed by atoms with E-state index >= 15 is 0 Å². The number of rotatable bonds is 13. The van der Waals surface area contributed by atoms with Crippen LogP contribution < -0.4 is 4.90 Å². The Morgan fingerprint density at radius 2 is 1.48 bits per heavy atom. The first kappa shape index (κ1) is 34.8. The van der Waals surface area contributed by atoms with Gasteiger partial charge in [0.25, 0.3) is 20.0 Å². The van der Waals surface area contributed by atoms with E-state index in [1.165, 1.54) is 24.3 Å². The van der Waals surface area contributed by atoms with Crippen molar-refractivity contribution in [3.05, 3.63) is 124 Å². The molecule has 5 rings (SSSR count). The summed E-state index contributed by atoms with van der Waals surface area (Å²) in [7, 11) is -8.86. The Morgan fingerprint density at radius 1 is 0.896 bits per heavy atom. The Balaban J connectivity index is 1.32. The van der Waals surface area contributed by atoms with Crippen LogP contribution in [0.1, 0.15) is 51.5 Å². The molecule has 0 saturated carbocycles. The number of esters is 1. The fourth-order valence-corrected chi connectivity index (χ4v) is 9.78. The quantitative estimate of drug-likeness (QED) is 0.123. The summed E-state index contributed by atoms with van der Waals surface area (Å²) in [4.78, 5) is 14.2. The third kappa shape index (κ3) is 7.79. The summed E-state index contributed by atoms with van der Waals surface area (Å²) < 4.78 is 61.6. The van der Waals surface area contributed by atoms with Gasteiger partial charge in [-0.3, -0.25) is 0 Å². The van der Waals surface area contributed by atoms with Crippen LogP contribution in [0.2, 0.25) is 0 Å². The van der Waals surface area contributed by atoms with Gasteiger partial charge in [0, 0.05) is 19.6 Å². The van der Waals surface area contributed by atoms with E-state index in [9.17, 15) is 26.9 Å². The maximum Gasteiger partial charge on any atom is 0.338 e. The number of fused-ring (bicyclic) bond motifs is 1. The summed E-state index contributed by atoms with van der Waals surface area (Å²) >= 11 is 0. The summed E-state index contributed by atoms with van der Waals surface area (Å²) in [5, 5.41) is 10.1. The number of nitriles is 1. The van der Waals surface area contributed by atoms with E-state index < -0.39 is 26.0 Å². The maximum atomic E-state index is 13.9. The molecule has 0 aromatic heterocycles. The van der Waals surface area contributed by atoms with Crippen LogP contribution in [0.4, 0.5) is 5.69 Å². The minimum atomic E-state index is -4.43. The van der Waals surface area contributed by atoms with E-state index in [-0.39, 0.29) is 28.9 Å². The third-order valence-corrected chi connectivity index (χ3v) is 12.7. The number of nitrogens with zero attached hydrogens (tertiary/aromatic N) is 3. The SMILES string of the molecule is Cc1ccc(S(=O)(=O)N(C[C@@H](C)Cc2cc(C#N)c3c(c2)CCN3CCCOC(=O)c2ccccc2)S(=O)(=O)c2ccc(C)cc2)cc1. The Kier molecular flexibility index (Phi) is 10.7. The van der Waals surface area contributed by atoms with Crippen LogP contribution in [0.3, 0.4) is 0 Å². The van der Waals surface area contributed by atoms with Crippen LogP contribution in [0.15, 0.2) is 101 Å². The van der Waals surface area contributed by atoms with E-state index in [1.807, 2.05) is 32.9 Å². The molecule has 1 heterocycles. The van der Waals surface area contributed by atoms with Crippen molar-refractivity contribution in [3.8, 4) is 6.07 Å². The average Bonchev–Trinajstić information content (AvgIpc) is 3.48. The standard InChI is InChI=1S/C37H39N3O6S2/c1-27-10-14-34(15-11-27)47(42,43)40(48(44,45)35-16-12-28(2)13-17-35)26-29(3)22-30-23-32-18-20-39(36(32)33(24-30)25-38)19-7-21-46-37(41)31-8-5-4-6-9-31/h4-6,8-17,23-24,29H,7,18-22,26H2,1-3H3/t29-/m0/s1. The molecule has 11 heteroatoms. The summed E-state index contributed by atoms with van der Waals surface area (Å²) in [6.45, 7) is 6.77. The van der Waals surface area contributed by atoms with Gasteiger partial charge in [0.1, 0.15) is 6.07 Å². The fraction of sp³-hybridized carbons (Fsp3) is 0.297. The van der Waals surface area contributed by atoms with Crippen LogP contribution >= 0.6 is 0 Å². The fourth-order valence-electron chi connectivity index (χ4n) is 5.90. The molecule has 0 unspecified atom stereocenters. The van der Waals surface area contributed by atoms with Crippen molar-refractivity contribution in [2.24, 2.45) is 5.92 Å². The van der Waals surface area contributed by atoms with Crippen molar-refractivity contribution < 1.29 is 26.4 Å². The minimum absolute atomic E-state index is 0.102. The molecule has 0 aliphatic carbocycles. The van der Waals surface area contributed by atoms with Crippen molar-refractivity contribution in [2.75, 3.05) is 31.1 Å². The molecule has 48 heavy (non-hydrogen) atoms. The normalized spacial score (nSPS) is 13.6. The Morgan fingerprint density at radius 3 is 2.04 bits per heavy atom. The lowest BCUT2D eigenvalue weighted by molar-refractivity contribution is 0.0502. The second-order valence-corrected chi connectivity index (χ2v) is 16.2. The predicted molar refractivity (Wildman–Crippen MR) is 185 cm³/mol. The maximum absolute atomic E-state index is 13.9. The Labute approximate surface area is 283 Å². The third-order valence-electron chi connectivity index (χ3n) is 8.37. The zero-order valence-corrected chi connectivity index (χ0v) is 28.9. The van der Waals surface area contributed by atoms with E-state index in [2.05, 4.69) is 11.0 Å². The van der Waals surface area contributed by atoms with E-state index in [0.29, 0.717) is 40.8 Å².